The Morgan fingerprint density at radius 3 is 2.85 bits per heavy atom. The van der Waals surface area contributed by atoms with Gasteiger partial charge in [0.2, 0.25) is 0 Å². The summed E-state index contributed by atoms with van der Waals surface area (Å²) in [6.07, 6.45) is 3.57. The van der Waals surface area contributed by atoms with Crippen molar-refractivity contribution < 1.29 is 4.79 Å². The van der Waals surface area contributed by atoms with E-state index in [0.29, 0.717) is 17.1 Å². The lowest BCUT2D eigenvalue weighted by atomic mass is 10.1. The molecule has 1 aromatic heterocycles. The first kappa shape index (κ1) is 14.4. The second-order valence-corrected chi connectivity index (χ2v) is 4.99. The predicted molar refractivity (Wildman–Crippen MR) is 80.0 cm³/mol. The SMILES string of the molecule is CNc1ccc(Cl)cc1C(=O)N(C)Cc1nccn1C. The quantitative estimate of drug-likeness (QED) is 0.941. The van der Waals surface area contributed by atoms with Crippen LogP contribution in [-0.4, -0.2) is 34.5 Å². The van der Waals surface area contributed by atoms with Crippen LogP contribution < -0.4 is 5.32 Å². The average molecular weight is 293 g/mol. The van der Waals surface area contributed by atoms with E-state index in [2.05, 4.69) is 10.3 Å². The lowest BCUT2D eigenvalue weighted by Gasteiger charge is -2.19. The van der Waals surface area contributed by atoms with Gasteiger partial charge >= 0.3 is 0 Å². The third-order valence-corrected chi connectivity index (χ3v) is 3.36. The van der Waals surface area contributed by atoms with E-state index in [0.717, 1.165) is 11.5 Å². The number of nitrogens with zero attached hydrogens (tertiary/aromatic N) is 3. The van der Waals surface area contributed by atoms with Crippen LogP contribution >= 0.6 is 11.6 Å². The zero-order chi connectivity index (χ0) is 14.7. The molecule has 0 bridgehead atoms. The molecule has 0 fully saturated rings. The number of amides is 1. The standard InChI is InChI=1S/C14H17ClN4O/c1-16-12-5-4-10(15)8-11(12)14(20)19(3)9-13-17-6-7-18(13)2/h4-8,16H,9H2,1-3H3. The summed E-state index contributed by atoms with van der Waals surface area (Å²) in [6.45, 7) is 0.442. The third-order valence-electron chi connectivity index (χ3n) is 3.13. The van der Waals surface area contributed by atoms with Crippen molar-refractivity contribution in [2.24, 2.45) is 7.05 Å². The van der Waals surface area contributed by atoms with Crippen molar-refractivity contribution in [2.75, 3.05) is 19.4 Å². The summed E-state index contributed by atoms with van der Waals surface area (Å²) in [7, 11) is 5.43. The molecule has 0 spiro atoms. The number of aryl methyl sites for hydroxylation is 1. The number of rotatable bonds is 4. The van der Waals surface area contributed by atoms with Crippen LogP contribution in [0, 0.1) is 0 Å². The maximum absolute atomic E-state index is 12.5. The van der Waals surface area contributed by atoms with Crippen molar-refractivity contribution >= 4 is 23.2 Å². The summed E-state index contributed by atoms with van der Waals surface area (Å²) < 4.78 is 1.89. The highest BCUT2D eigenvalue weighted by Gasteiger charge is 2.17. The maximum Gasteiger partial charge on any atom is 0.256 e. The Balaban J connectivity index is 2.22. The van der Waals surface area contributed by atoms with Gasteiger partial charge in [-0.05, 0) is 18.2 Å². The zero-order valence-electron chi connectivity index (χ0n) is 11.7. The predicted octanol–water partition coefficient (Wildman–Crippen LogP) is 2.39. The van der Waals surface area contributed by atoms with Gasteiger partial charge in [0, 0.05) is 44.2 Å². The fourth-order valence-electron chi connectivity index (χ4n) is 1.95. The van der Waals surface area contributed by atoms with Gasteiger partial charge in [0.05, 0.1) is 12.1 Å². The highest BCUT2D eigenvalue weighted by Crippen LogP contribution is 2.22. The Bertz CT molecular complexity index is 623. The molecule has 0 unspecified atom stereocenters. The maximum atomic E-state index is 12.5. The monoisotopic (exact) mass is 292 g/mol. The number of carbonyl (C=O) groups excluding carboxylic acids is 1. The molecule has 5 nitrogen and oxygen atoms in total. The zero-order valence-corrected chi connectivity index (χ0v) is 12.5. The van der Waals surface area contributed by atoms with Gasteiger partial charge in [-0.1, -0.05) is 11.6 Å². The van der Waals surface area contributed by atoms with Gasteiger partial charge in [0.1, 0.15) is 5.82 Å². The first-order valence-electron chi connectivity index (χ1n) is 6.22. The van der Waals surface area contributed by atoms with Crippen LogP contribution in [0.2, 0.25) is 5.02 Å². The van der Waals surface area contributed by atoms with Crippen molar-refractivity contribution in [1.82, 2.24) is 14.5 Å². The van der Waals surface area contributed by atoms with Crippen LogP contribution in [-0.2, 0) is 13.6 Å². The minimum absolute atomic E-state index is 0.0974. The van der Waals surface area contributed by atoms with Crippen molar-refractivity contribution in [2.45, 2.75) is 6.54 Å². The smallest absolute Gasteiger partial charge is 0.256 e. The van der Waals surface area contributed by atoms with Gasteiger partial charge in [0.25, 0.3) is 5.91 Å². The Hall–Kier alpha value is -2.01. The summed E-state index contributed by atoms with van der Waals surface area (Å²) in [5.74, 6) is 0.730. The molecule has 0 saturated heterocycles. The summed E-state index contributed by atoms with van der Waals surface area (Å²) in [6, 6.07) is 5.22. The van der Waals surface area contributed by atoms with Crippen molar-refractivity contribution in [3.05, 3.63) is 47.0 Å². The van der Waals surface area contributed by atoms with E-state index < -0.39 is 0 Å². The molecule has 1 aromatic carbocycles. The van der Waals surface area contributed by atoms with E-state index in [4.69, 9.17) is 11.6 Å². The number of halogens is 1. The normalized spacial score (nSPS) is 10.4. The molecule has 6 heteroatoms. The molecule has 20 heavy (non-hydrogen) atoms. The Labute approximate surface area is 123 Å². The highest BCUT2D eigenvalue weighted by molar-refractivity contribution is 6.31. The van der Waals surface area contributed by atoms with Gasteiger partial charge in [-0.15, -0.1) is 0 Å². The first-order valence-corrected chi connectivity index (χ1v) is 6.59. The fourth-order valence-corrected chi connectivity index (χ4v) is 2.12. The Kier molecular flexibility index (Phi) is 4.29. The van der Waals surface area contributed by atoms with E-state index in [1.807, 2.05) is 17.8 Å². The number of nitrogens with one attached hydrogen (secondary N) is 1. The van der Waals surface area contributed by atoms with Crippen molar-refractivity contribution in [3.8, 4) is 0 Å². The van der Waals surface area contributed by atoms with Gasteiger partial charge in [-0.25, -0.2) is 4.98 Å². The topological polar surface area (TPSA) is 50.2 Å². The molecular formula is C14H17ClN4O. The number of benzene rings is 1. The van der Waals surface area contributed by atoms with Gasteiger partial charge in [-0.3, -0.25) is 4.79 Å². The lowest BCUT2D eigenvalue weighted by Crippen LogP contribution is -2.28. The second-order valence-electron chi connectivity index (χ2n) is 4.56. The van der Waals surface area contributed by atoms with E-state index in [1.54, 1.807) is 43.4 Å². The van der Waals surface area contributed by atoms with Crippen LogP contribution in [0.3, 0.4) is 0 Å². The van der Waals surface area contributed by atoms with Crippen LogP contribution in [0.15, 0.2) is 30.6 Å². The molecule has 1 heterocycles. The molecule has 2 aromatic rings. The Morgan fingerprint density at radius 2 is 2.25 bits per heavy atom. The second kappa shape index (κ2) is 5.96. The molecule has 0 saturated carbocycles. The van der Waals surface area contributed by atoms with E-state index in [1.165, 1.54) is 0 Å². The molecule has 0 radical (unpaired) electrons. The molecule has 0 aliphatic carbocycles. The largest absolute Gasteiger partial charge is 0.387 e. The van der Waals surface area contributed by atoms with Gasteiger partial charge in [0.15, 0.2) is 0 Å². The minimum Gasteiger partial charge on any atom is -0.387 e. The van der Waals surface area contributed by atoms with Crippen molar-refractivity contribution in [3.63, 3.8) is 0 Å². The van der Waals surface area contributed by atoms with Crippen LogP contribution in [0.25, 0.3) is 0 Å². The number of hydrogen-bond donors (Lipinski definition) is 1. The van der Waals surface area contributed by atoms with Crippen LogP contribution in [0.4, 0.5) is 5.69 Å². The van der Waals surface area contributed by atoms with Crippen molar-refractivity contribution in [1.29, 1.82) is 0 Å². The van der Waals surface area contributed by atoms with Gasteiger partial charge < -0.3 is 14.8 Å². The molecule has 106 valence electrons. The summed E-state index contributed by atoms with van der Waals surface area (Å²) in [5, 5.41) is 3.54. The molecule has 1 amide bonds. The van der Waals surface area contributed by atoms with Crippen LogP contribution in [0.1, 0.15) is 16.2 Å². The third kappa shape index (κ3) is 2.93. The number of aromatic nitrogens is 2. The number of anilines is 1. The molecule has 0 aliphatic heterocycles. The van der Waals surface area contributed by atoms with E-state index in [-0.39, 0.29) is 5.91 Å². The highest BCUT2D eigenvalue weighted by atomic mass is 35.5. The lowest BCUT2D eigenvalue weighted by molar-refractivity contribution is 0.0781. The number of carbonyl (C=O) groups is 1. The summed E-state index contributed by atoms with van der Waals surface area (Å²) in [5.41, 5.74) is 1.31. The average Bonchev–Trinajstić information content (AvgIpc) is 2.83. The Morgan fingerprint density at radius 1 is 1.50 bits per heavy atom. The molecule has 2 rings (SSSR count). The minimum atomic E-state index is -0.0974. The fraction of sp³-hybridized carbons (Fsp3) is 0.286. The van der Waals surface area contributed by atoms with E-state index in [9.17, 15) is 4.79 Å². The molecule has 0 aliphatic rings. The van der Waals surface area contributed by atoms with Gasteiger partial charge in [-0.2, -0.15) is 0 Å². The summed E-state index contributed by atoms with van der Waals surface area (Å²) >= 11 is 5.98. The molecule has 0 atom stereocenters. The first-order chi connectivity index (χ1) is 9.52. The molecular weight excluding hydrogens is 276 g/mol. The number of hydrogen-bond acceptors (Lipinski definition) is 3. The summed E-state index contributed by atoms with van der Waals surface area (Å²) in [4.78, 5) is 18.3. The van der Waals surface area contributed by atoms with Crippen LogP contribution in [0.5, 0.6) is 0 Å². The molecule has 1 N–H and O–H groups in total. The van der Waals surface area contributed by atoms with E-state index >= 15 is 0 Å². The number of imidazole rings is 1.